The molecule has 0 spiro atoms. The van der Waals surface area contributed by atoms with Crippen molar-refractivity contribution in [1.82, 2.24) is 0 Å². The first-order valence-corrected chi connectivity index (χ1v) is 5.39. The van der Waals surface area contributed by atoms with Crippen molar-refractivity contribution in [2.75, 3.05) is 0 Å². The van der Waals surface area contributed by atoms with Crippen LogP contribution in [0.3, 0.4) is 0 Å². The predicted molar refractivity (Wildman–Crippen MR) is 57.2 cm³/mol. The molecule has 1 fully saturated rings. The lowest BCUT2D eigenvalue weighted by Gasteiger charge is -2.28. The van der Waals surface area contributed by atoms with Crippen molar-refractivity contribution < 1.29 is 0 Å². The van der Waals surface area contributed by atoms with Crippen LogP contribution in [-0.4, -0.2) is 11.3 Å². The van der Waals surface area contributed by atoms with Crippen LogP contribution in [-0.2, 0) is 0 Å². The molecule has 0 N–H and O–H groups in total. The molecule has 1 aliphatic heterocycles. The second-order valence-electron chi connectivity index (χ2n) is 4.67. The molecule has 2 aliphatic rings. The summed E-state index contributed by atoms with van der Waals surface area (Å²) in [6.45, 7) is 8.46. The van der Waals surface area contributed by atoms with Crippen molar-refractivity contribution in [3.05, 3.63) is 12.7 Å². The zero-order valence-corrected chi connectivity index (χ0v) is 8.71. The maximum absolute atomic E-state index is 4.84. The molecule has 0 aromatic rings. The minimum atomic E-state index is 0.0321. The molecular weight excluding hydrogens is 158 g/mol. The third kappa shape index (κ3) is 1.25. The van der Waals surface area contributed by atoms with E-state index in [1.165, 1.54) is 31.4 Å². The van der Waals surface area contributed by atoms with Gasteiger partial charge in [-0.1, -0.05) is 19.4 Å². The van der Waals surface area contributed by atoms with E-state index in [2.05, 4.69) is 20.4 Å². The smallest absolute Gasteiger partial charge is 0.0788 e. The van der Waals surface area contributed by atoms with E-state index in [0.717, 1.165) is 5.92 Å². The molecule has 0 saturated heterocycles. The Morgan fingerprint density at radius 2 is 2.31 bits per heavy atom. The molecule has 0 amide bonds. The topological polar surface area (TPSA) is 12.4 Å². The maximum Gasteiger partial charge on any atom is 0.0788 e. The number of aliphatic imine (C=N–C) groups is 1. The fourth-order valence-electron chi connectivity index (χ4n) is 2.75. The Morgan fingerprint density at radius 1 is 1.54 bits per heavy atom. The fourth-order valence-corrected chi connectivity index (χ4v) is 2.75. The van der Waals surface area contributed by atoms with Crippen LogP contribution in [0.5, 0.6) is 0 Å². The van der Waals surface area contributed by atoms with Gasteiger partial charge in [-0.05, 0) is 32.1 Å². The lowest BCUT2D eigenvalue weighted by atomic mass is 9.75. The van der Waals surface area contributed by atoms with Crippen LogP contribution < -0.4 is 0 Å². The van der Waals surface area contributed by atoms with Gasteiger partial charge in [-0.2, -0.15) is 0 Å². The highest BCUT2D eigenvalue weighted by Gasteiger charge is 2.42. The molecular formula is C12H19N. The highest BCUT2D eigenvalue weighted by molar-refractivity contribution is 5.90. The minimum Gasteiger partial charge on any atom is -0.283 e. The Morgan fingerprint density at radius 3 is 2.92 bits per heavy atom. The van der Waals surface area contributed by atoms with E-state index >= 15 is 0 Å². The lowest BCUT2D eigenvalue weighted by molar-refractivity contribution is 0.331. The van der Waals surface area contributed by atoms with Crippen molar-refractivity contribution in [3.8, 4) is 0 Å². The first kappa shape index (κ1) is 8.98. The van der Waals surface area contributed by atoms with E-state index in [-0.39, 0.29) is 5.54 Å². The Balaban J connectivity index is 2.28. The predicted octanol–water partition coefficient (Wildman–Crippen LogP) is 3.21. The average molecular weight is 177 g/mol. The number of rotatable bonds is 1. The Kier molecular flexibility index (Phi) is 2.05. The molecule has 3 atom stereocenters. The van der Waals surface area contributed by atoms with E-state index in [1.807, 2.05) is 6.08 Å². The monoisotopic (exact) mass is 177 g/mol. The van der Waals surface area contributed by atoms with E-state index in [0.29, 0.717) is 5.92 Å². The SMILES string of the molecule is C=C[C@@]1(C)N=C2CCCC[C@@H]2C1C. The van der Waals surface area contributed by atoms with Gasteiger partial charge in [0.25, 0.3) is 0 Å². The average Bonchev–Trinajstić information content (AvgIpc) is 2.41. The second kappa shape index (κ2) is 2.97. The molecule has 72 valence electrons. The Bertz CT molecular complexity index is 254. The van der Waals surface area contributed by atoms with Crippen LogP contribution in [0.25, 0.3) is 0 Å². The van der Waals surface area contributed by atoms with E-state index in [1.54, 1.807) is 0 Å². The second-order valence-corrected chi connectivity index (χ2v) is 4.67. The van der Waals surface area contributed by atoms with Gasteiger partial charge in [0.15, 0.2) is 0 Å². The van der Waals surface area contributed by atoms with Crippen molar-refractivity contribution >= 4 is 5.71 Å². The Labute approximate surface area is 80.9 Å². The number of fused-ring (bicyclic) bond motifs is 1. The van der Waals surface area contributed by atoms with Crippen LogP contribution in [0, 0.1) is 11.8 Å². The third-order valence-electron chi connectivity index (χ3n) is 3.95. The molecule has 1 unspecified atom stereocenters. The van der Waals surface area contributed by atoms with Crippen LogP contribution >= 0.6 is 0 Å². The summed E-state index contributed by atoms with van der Waals surface area (Å²) in [5, 5.41) is 0. The standard InChI is InChI=1S/C12H19N/c1-4-12(3)9(2)10-7-5-6-8-11(10)13-12/h4,9-10H,1,5-8H2,2-3H3/t9?,10-,12-/m1/s1. The molecule has 1 heterocycles. The number of hydrogen-bond acceptors (Lipinski definition) is 1. The molecule has 1 heteroatoms. The van der Waals surface area contributed by atoms with Crippen molar-refractivity contribution in [3.63, 3.8) is 0 Å². The molecule has 1 nitrogen and oxygen atoms in total. The number of nitrogens with zero attached hydrogens (tertiary/aromatic N) is 1. The van der Waals surface area contributed by atoms with Gasteiger partial charge in [-0.25, -0.2) is 0 Å². The summed E-state index contributed by atoms with van der Waals surface area (Å²) in [6, 6.07) is 0. The summed E-state index contributed by atoms with van der Waals surface area (Å²) in [6.07, 6.45) is 7.35. The number of hydrogen-bond donors (Lipinski definition) is 0. The summed E-state index contributed by atoms with van der Waals surface area (Å²) in [5.74, 6) is 1.43. The Hall–Kier alpha value is -0.590. The fraction of sp³-hybridized carbons (Fsp3) is 0.750. The van der Waals surface area contributed by atoms with Crippen LogP contribution in [0.2, 0.25) is 0 Å². The minimum absolute atomic E-state index is 0.0321. The molecule has 1 saturated carbocycles. The van der Waals surface area contributed by atoms with Crippen molar-refractivity contribution in [1.29, 1.82) is 0 Å². The van der Waals surface area contributed by atoms with E-state index in [4.69, 9.17) is 4.99 Å². The van der Waals surface area contributed by atoms with Gasteiger partial charge in [-0.3, -0.25) is 4.99 Å². The van der Waals surface area contributed by atoms with Gasteiger partial charge in [0.2, 0.25) is 0 Å². The first-order valence-electron chi connectivity index (χ1n) is 5.39. The van der Waals surface area contributed by atoms with Gasteiger partial charge in [-0.15, -0.1) is 6.58 Å². The van der Waals surface area contributed by atoms with Crippen LogP contribution in [0.15, 0.2) is 17.6 Å². The molecule has 0 bridgehead atoms. The summed E-state index contributed by atoms with van der Waals surface area (Å²) in [7, 11) is 0. The molecule has 0 aromatic carbocycles. The summed E-state index contributed by atoms with van der Waals surface area (Å²) in [5.41, 5.74) is 1.51. The van der Waals surface area contributed by atoms with Gasteiger partial charge in [0.1, 0.15) is 0 Å². The molecule has 0 aromatic heterocycles. The largest absolute Gasteiger partial charge is 0.283 e. The third-order valence-corrected chi connectivity index (χ3v) is 3.95. The molecule has 0 radical (unpaired) electrons. The van der Waals surface area contributed by atoms with Crippen molar-refractivity contribution in [2.45, 2.75) is 45.1 Å². The van der Waals surface area contributed by atoms with Crippen molar-refractivity contribution in [2.24, 2.45) is 16.8 Å². The highest BCUT2D eigenvalue weighted by atomic mass is 14.9. The van der Waals surface area contributed by atoms with Gasteiger partial charge in [0, 0.05) is 11.6 Å². The van der Waals surface area contributed by atoms with Crippen LogP contribution in [0.4, 0.5) is 0 Å². The highest BCUT2D eigenvalue weighted by Crippen LogP contribution is 2.42. The zero-order valence-electron chi connectivity index (χ0n) is 8.71. The molecule has 13 heavy (non-hydrogen) atoms. The molecule has 2 rings (SSSR count). The van der Waals surface area contributed by atoms with E-state index < -0.39 is 0 Å². The summed E-state index contributed by atoms with van der Waals surface area (Å²) >= 11 is 0. The quantitative estimate of drug-likeness (QED) is 0.545. The zero-order chi connectivity index (χ0) is 9.47. The van der Waals surface area contributed by atoms with Gasteiger partial charge >= 0.3 is 0 Å². The normalized spacial score (nSPS) is 44.0. The van der Waals surface area contributed by atoms with E-state index in [9.17, 15) is 0 Å². The summed E-state index contributed by atoms with van der Waals surface area (Å²) < 4.78 is 0. The summed E-state index contributed by atoms with van der Waals surface area (Å²) in [4.78, 5) is 4.84. The maximum atomic E-state index is 4.84. The lowest BCUT2D eigenvalue weighted by Crippen LogP contribution is -2.29. The van der Waals surface area contributed by atoms with Gasteiger partial charge in [0.05, 0.1) is 5.54 Å². The van der Waals surface area contributed by atoms with Crippen LogP contribution in [0.1, 0.15) is 39.5 Å². The first-order chi connectivity index (χ1) is 6.17. The molecule has 1 aliphatic carbocycles. The van der Waals surface area contributed by atoms with Gasteiger partial charge < -0.3 is 0 Å².